The van der Waals surface area contributed by atoms with Gasteiger partial charge in [0.15, 0.2) is 5.69 Å². The Morgan fingerprint density at radius 2 is 2.26 bits per heavy atom. The first-order chi connectivity index (χ1) is 9.10. The average molecular weight is 267 g/mol. The summed E-state index contributed by atoms with van der Waals surface area (Å²) in [5.41, 5.74) is -0.909. The van der Waals surface area contributed by atoms with Crippen molar-refractivity contribution in [2.45, 2.75) is 31.8 Å². The first kappa shape index (κ1) is 13.5. The Hall–Kier alpha value is -1.89. The number of nitrogens with zero attached hydrogens (tertiary/aromatic N) is 2. The molecule has 2 heterocycles. The lowest BCUT2D eigenvalue weighted by molar-refractivity contribution is 0.0588. The van der Waals surface area contributed by atoms with E-state index in [-0.39, 0.29) is 11.7 Å². The van der Waals surface area contributed by atoms with E-state index in [0.29, 0.717) is 12.4 Å². The number of carbonyl (C=O) groups is 1. The lowest BCUT2D eigenvalue weighted by Crippen LogP contribution is -2.31. The van der Waals surface area contributed by atoms with Crippen molar-refractivity contribution in [2.24, 2.45) is 0 Å². The number of carbonyl (C=O) groups excluding carboxylic acids is 1. The molecule has 7 nitrogen and oxygen atoms in total. The first-order valence-electron chi connectivity index (χ1n) is 6.19. The predicted octanol–water partition coefficient (Wildman–Crippen LogP) is 0.180. The van der Waals surface area contributed by atoms with Crippen molar-refractivity contribution >= 4 is 5.97 Å². The summed E-state index contributed by atoms with van der Waals surface area (Å²) in [7, 11) is 2.96. The number of hydrogen-bond donors (Lipinski definition) is 2. The molecule has 0 amide bonds. The Morgan fingerprint density at radius 3 is 2.89 bits per heavy atom. The zero-order valence-electron chi connectivity index (χ0n) is 11.0. The highest BCUT2D eigenvalue weighted by Gasteiger charge is 2.26. The van der Waals surface area contributed by atoms with Crippen LogP contribution in [0.5, 0.6) is 5.75 Å². The number of rotatable bonds is 2. The summed E-state index contributed by atoms with van der Waals surface area (Å²) < 4.78 is 5.96. The number of ether oxygens (including phenoxy) is 1. The third kappa shape index (κ3) is 2.33. The van der Waals surface area contributed by atoms with E-state index in [1.54, 1.807) is 7.05 Å². The third-order valence-corrected chi connectivity index (χ3v) is 3.34. The molecule has 0 aromatic carbocycles. The number of methoxy groups -OCH3 is 1. The highest BCUT2D eigenvalue weighted by molar-refractivity contribution is 5.89. The maximum atomic E-state index is 12.1. The number of aromatic hydroxyl groups is 1. The molecule has 0 fully saturated rings. The zero-order valence-corrected chi connectivity index (χ0v) is 11.0. The lowest BCUT2D eigenvalue weighted by Gasteiger charge is -2.17. The van der Waals surface area contributed by atoms with Crippen molar-refractivity contribution in [3.8, 4) is 5.75 Å². The average Bonchev–Trinajstić information content (AvgIpc) is 2.63. The van der Waals surface area contributed by atoms with Crippen LogP contribution in [0.15, 0.2) is 4.79 Å². The molecule has 104 valence electrons. The number of nitrogens with one attached hydrogen (secondary N) is 1. The number of hydrogen-bond acceptors (Lipinski definition) is 6. The van der Waals surface area contributed by atoms with E-state index in [9.17, 15) is 14.7 Å². The van der Waals surface area contributed by atoms with Crippen LogP contribution in [0, 0.1) is 0 Å². The third-order valence-electron chi connectivity index (χ3n) is 3.34. The van der Waals surface area contributed by atoms with Crippen molar-refractivity contribution in [3.05, 3.63) is 21.9 Å². The van der Waals surface area contributed by atoms with E-state index in [4.69, 9.17) is 0 Å². The molecule has 1 aliphatic rings. The zero-order chi connectivity index (χ0) is 14.0. The van der Waals surface area contributed by atoms with E-state index in [1.165, 1.54) is 11.7 Å². The Balaban J connectivity index is 2.65. The van der Waals surface area contributed by atoms with Crippen molar-refractivity contribution in [1.29, 1.82) is 0 Å². The molecule has 7 heteroatoms. The van der Waals surface area contributed by atoms with Crippen LogP contribution in [-0.2, 0) is 11.3 Å². The number of aromatic nitrogens is 2. The van der Waals surface area contributed by atoms with E-state index >= 15 is 0 Å². The fourth-order valence-electron chi connectivity index (χ4n) is 2.30. The van der Waals surface area contributed by atoms with E-state index < -0.39 is 17.3 Å². The van der Waals surface area contributed by atoms with Gasteiger partial charge in [-0.3, -0.25) is 9.36 Å². The minimum Gasteiger partial charge on any atom is -0.501 e. The second kappa shape index (κ2) is 5.40. The van der Waals surface area contributed by atoms with Crippen LogP contribution in [0.25, 0.3) is 0 Å². The van der Waals surface area contributed by atoms with Gasteiger partial charge in [0.05, 0.1) is 13.2 Å². The molecule has 2 rings (SSSR count). The second-order valence-electron chi connectivity index (χ2n) is 4.45. The van der Waals surface area contributed by atoms with Crippen molar-refractivity contribution in [3.63, 3.8) is 0 Å². The van der Waals surface area contributed by atoms with Crippen LogP contribution in [0.2, 0.25) is 0 Å². The molecule has 1 unspecified atom stereocenters. The molecule has 0 aliphatic carbocycles. The van der Waals surface area contributed by atoms with Crippen molar-refractivity contribution < 1.29 is 14.6 Å². The standard InChI is InChI=1S/C12H17N3O4/c1-13-7-5-3-4-6-15-10(7)14-8(12(18)19-2)9(16)11(15)17/h7,13,16H,3-6H2,1-2H3. The fraction of sp³-hybridized carbons (Fsp3) is 0.583. The smallest absolute Gasteiger partial charge is 0.360 e. The van der Waals surface area contributed by atoms with E-state index in [0.717, 1.165) is 19.3 Å². The van der Waals surface area contributed by atoms with Crippen LogP contribution in [-0.4, -0.2) is 34.8 Å². The van der Waals surface area contributed by atoms with Gasteiger partial charge in [-0.25, -0.2) is 9.78 Å². The van der Waals surface area contributed by atoms with Gasteiger partial charge in [-0.1, -0.05) is 0 Å². The van der Waals surface area contributed by atoms with Crippen molar-refractivity contribution in [1.82, 2.24) is 14.9 Å². The summed E-state index contributed by atoms with van der Waals surface area (Å²) in [6, 6.07) is -0.112. The van der Waals surface area contributed by atoms with Crippen LogP contribution in [0.3, 0.4) is 0 Å². The molecule has 0 spiro atoms. The monoisotopic (exact) mass is 267 g/mol. The van der Waals surface area contributed by atoms with Gasteiger partial charge in [-0.15, -0.1) is 0 Å². The maximum Gasteiger partial charge on any atom is 0.360 e. The van der Waals surface area contributed by atoms with Crippen LogP contribution < -0.4 is 10.9 Å². The van der Waals surface area contributed by atoms with Crippen molar-refractivity contribution in [2.75, 3.05) is 14.2 Å². The molecular formula is C12H17N3O4. The number of esters is 1. The maximum absolute atomic E-state index is 12.1. The SMILES string of the molecule is CNC1CCCCn2c1nc(C(=O)OC)c(O)c2=O. The Bertz CT molecular complexity index is 553. The fourth-order valence-corrected chi connectivity index (χ4v) is 2.30. The van der Waals surface area contributed by atoms with Gasteiger partial charge in [0.25, 0.3) is 5.56 Å². The molecular weight excluding hydrogens is 250 g/mol. The molecule has 1 aliphatic heterocycles. The quantitative estimate of drug-likeness (QED) is 0.742. The van der Waals surface area contributed by atoms with E-state index in [1.807, 2.05) is 0 Å². The Morgan fingerprint density at radius 1 is 1.53 bits per heavy atom. The summed E-state index contributed by atoms with van der Waals surface area (Å²) in [5, 5.41) is 12.9. The van der Waals surface area contributed by atoms with Crippen LogP contribution in [0.1, 0.15) is 41.6 Å². The molecule has 1 atom stereocenters. The minimum absolute atomic E-state index is 0.112. The Labute approximate surface area is 110 Å². The van der Waals surface area contributed by atoms with Gasteiger partial charge in [-0.2, -0.15) is 0 Å². The molecule has 0 saturated carbocycles. The summed E-state index contributed by atoms with van der Waals surface area (Å²) >= 11 is 0. The molecule has 1 aromatic heterocycles. The summed E-state index contributed by atoms with van der Waals surface area (Å²) in [6.07, 6.45) is 2.61. The van der Waals surface area contributed by atoms with E-state index in [2.05, 4.69) is 15.0 Å². The van der Waals surface area contributed by atoms with Gasteiger partial charge in [0.2, 0.25) is 5.75 Å². The number of fused-ring (bicyclic) bond motifs is 1. The summed E-state index contributed by atoms with van der Waals surface area (Å²) in [6.45, 7) is 0.494. The minimum atomic E-state index is -0.808. The highest BCUT2D eigenvalue weighted by Crippen LogP contribution is 2.23. The molecule has 0 saturated heterocycles. The molecule has 0 radical (unpaired) electrons. The predicted molar refractivity (Wildman–Crippen MR) is 67.2 cm³/mol. The van der Waals surface area contributed by atoms with Gasteiger partial charge in [0.1, 0.15) is 5.82 Å². The highest BCUT2D eigenvalue weighted by atomic mass is 16.5. The Kier molecular flexibility index (Phi) is 3.84. The summed E-state index contributed by atoms with van der Waals surface area (Å²) in [4.78, 5) is 27.8. The van der Waals surface area contributed by atoms with Gasteiger partial charge in [-0.05, 0) is 26.3 Å². The molecule has 1 aromatic rings. The van der Waals surface area contributed by atoms with Crippen LogP contribution >= 0.6 is 0 Å². The van der Waals surface area contributed by atoms with Gasteiger partial charge < -0.3 is 15.2 Å². The van der Waals surface area contributed by atoms with Gasteiger partial charge >= 0.3 is 5.97 Å². The molecule has 19 heavy (non-hydrogen) atoms. The largest absolute Gasteiger partial charge is 0.501 e. The first-order valence-corrected chi connectivity index (χ1v) is 6.19. The summed E-state index contributed by atoms with van der Waals surface area (Å²) in [5.74, 6) is -0.979. The lowest BCUT2D eigenvalue weighted by atomic mass is 10.1. The van der Waals surface area contributed by atoms with Gasteiger partial charge in [0, 0.05) is 6.54 Å². The second-order valence-corrected chi connectivity index (χ2v) is 4.45. The topological polar surface area (TPSA) is 93.5 Å². The normalized spacial score (nSPS) is 18.5. The molecule has 2 N–H and O–H groups in total. The van der Waals surface area contributed by atoms with Crippen LogP contribution in [0.4, 0.5) is 0 Å². The molecule has 0 bridgehead atoms.